The van der Waals surface area contributed by atoms with Gasteiger partial charge in [0.2, 0.25) is 0 Å². The largest absolute Gasteiger partial charge is 0.457 e. The summed E-state index contributed by atoms with van der Waals surface area (Å²) >= 11 is 19.1. The van der Waals surface area contributed by atoms with E-state index in [0.29, 0.717) is 62.7 Å². The van der Waals surface area contributed by atoms with E-state index in [-0.39, 0.29) is 5.91 Å². The van der Waals surface area contributed by atoms with Crippen molar-refractivity contribution in [2.45, 2.75) is 0 Å². The number of hydrogen-bond donors (Lipinski definition) is 0. The second kappa shape index (κ2) is 7.95. The number of rotatable bonds is 3. The number of hydrogen-bond acceptors (Lipinski definition) is 6. The number of benzene rings is 1. The van der Waals surface area contributed by atoms with Crippen LogP contribution in [-0.4, -0.2) is 46.5 Å². The molecule has 2 fully saturated rings. The summed E-state index contributed by atoms with van der Waals surface area (Å²) in [7, 11) is 0. The molecule has 2 aromatic rings. The van der Waals surface area contributed by atoms with Gasteiger partial charge in [-0.05, 0) is 24.3 Å². The number of thioether (sulfide) groups is 1. The molecule has 4 rings (SSSR count). The van der Waals surface area contributed by atoms with E-state index in [1.54, 1.807) is 41.4 Å². The molecule has 2 saturated heterocycles. The first-order valence-corrected chi connectivity index (χ1v) is 10.2. The molecule has 9 heteroatoms. The second-order valence-corrected chi connectivity index (χ2v) is 8.35. The first kappa shape index (κ1) is 19.0. The summed E-state index contributed by atoms with van der Waals surface area (Å²) in [6, 6.07) is 8.82. The molecular formula is C18H14Cl2N2O3S2. The Hall–Kier alpha value is -1.35. The van der Waals surface area contributed by atoms with Crippen molar-refractivity contribution in [3.63, 3.8) is 0 Å². The fourth-order valence-electron chi connectivity index (χ4n) is 2.88. The highest BCUT2D eigenvalue weighted by Crippen LogP contribution is 2.38. The van der Waals surface area contributed by atoms with Crippen LogP contribution < -0.4 is 0 Å². The molecule has 2 aliphatic rings. The van der Waals surface area contributed by atoms with Gasteiger partial charge < -0.3 is 9.15 Å². The van der Waals surface area contributed by atoms with E-state index >= 15 is 0 Å². The van der Waals surface area contributed by atoms with E-state index in [0.717, 1.165) is 0 Å². The number of carbonyl (C=O) groups is 1. The molecule has 1 aromatic heterocycles. The fourth-order valence-corrected chi connectivity index (χ4v) is 4.76. The van der Waals surface area contributed by atoms with Crippen molar-refractivity contribution in [2.75, 3.05) is 26.3 Å². The summed E-state index contributed by atoms with van der Waals surface area (Å²) in [5, 5.41) is 4.46. The van der Waals surface area contributed by atoms with Gasteiger partial charge >= 0.3 is 0 Å². The van der Waals surface area contributed by atoms with Crippen molar-refractivity contribution in [3.8, 4) is 11.3 Å². The van der Waals surface area contributed by atoms with Gasteiger partial charge in [-0.25, -0.2) is 10.0 Å². The molecule has 0 bridgehead atoms. The van der Waals surface area contributed by atoms with Gasteiger partial charge in [-0.3, -0.25) is 4.79 Å². The van der Waals surface area contributed by atoms with E-state index < -0.39 is 0 Å². The SMILES string of the molecule is O=C1/C(=C/c2ccc(-c3c(Cl)cccc3Cl)o2)SC(=S)N1N1CCOCC1. The smallest absolute Gasteiger partial charge is 0.281 e. The zero-order valence-corrected chi connectivity index (χ0v) is 17.1. The lowest BCUT2D eigenvalue weighted by atomic mass is 10.2. The zero-order valence-electron chi connectivity index (χ0n) is 14.0. The lowest BCUT2D eigenvalue weighted by Gasteiger charge is -2.33. The Labute approximate surface area is 175 Å². The second-order valence-electron chi connectivity index (χ2n) is 5.86. The van der Waals surface area contributed by atoms with Crippen molar-refractivity contribution in [1.29, 1.82) is 0 Å². The van der Waals surface area contributed by atoms with Gasteiger partial charge in [0.25, 0.3) is 5.91 Å². The maximum atomic E-state index is 12.8. The van der Waals surface area contributed by atoms with Crippen molar-refractivity contribution in [3.05, 3.63) is 51.0 Å². The summed E-state index contributed by atoms with van der Waals surface area (Å²) in [6.45, 7) is 2.43. The van der Waals surface area contributed by atoms with Crippen LogP contribution in [0.4, 0.5) is 0 Å². The molecule has 140 valence electrons. The predicted molar refractivity (Wildman–Crippen MR) is 112 cm³/mol. The van der Waals surface area contributed by atoms with Gasteiger partial charge in [0.05, 0.1) is 33.7 Å². The van der Waals surface area contributed by atoms with Crippen LogP contribution in [0.15, 0.2) is 39.7 Å². The van der Waals surface area contributed by atoms with Gasteiger partial charge in [0, 0.05) is 19.2 Å². The van der Waals surface area contributed by atoms with Crippen LogP contribution in [-0.2, 0) is 9.53 Å². The maximum absolute atomic E-state index is 12.8. The van der Waals surface area contributed by atoms with Gasteiger partial charge in [-0.15, -0.1) is 0 Å². The van der Waals surface area contributed by atoms with Gasteiger partial charge in [-0.2, -0.15) is 0 Å². The van der Waals surface area contributed by atoms with Crippen LogP contribution in [0.5, 0.6) is 0 Å². The van der Waals surface area contributed by atoms with Crippen LogP contribution >= 0.6 is 47.2 Å². The molecule has 0 saturated carbocycles. The van der Waals surface area contributed by atoms with Gasteiger partial charge in [0.15, 0.2) is 4.32 Å². The Morgan fingerprint density at radius 2 is 1.81 bits per heavy atom. The summed E-state index contributed by atoms with van der Waals surface area (Å²) in [5.41, 5.74) is 0.626. The number of furan rings is 1. The molecular weight excluding hydrogens is 427 g/mol. The molecule has 1 aromatic carbocycles. The van der Waals surface area contributed by atoms with Crippen LogP contribution in [0.3, 0.4) is 0 Å². The molecule has 5 nitrogen and oxygen atoms in total. The van der Waals surface area contributed by atoms with Crippen LogP contribution in [0.25, 0.3) is 17.4 Å². The van der Waals surface area contributed by atoms with E-state index in [1.807, 2.05) is 5.01 Å². The Kier molecular flexibility index (Phi) is 5.59. The van der Waals surface area contributed by atoms with Crippen molar-refractivity contribution < 1.29 is 13.9 Å². The molecule has 0 radical (unpaired) electrons. The number of halogens is 2. The molecule has 1 amide bonds. The van der Waals surface area contributed by atoms with Gasteiger partial charge in [-0.1, -0.05) is 53.2 Å². The zero-order chi connectivity index (χ0) is 19.0. The average molecular weight is 441 g/mol. The average Bonchev–Trinajstić information content (AvgIpc) is 3.20. The van der Waals surface area contributed by atoms with Crippen molar-refractivity contribution in [1.82, 2.24) is 10.0 Å². The third-order valence-corrected chi connectivity index (χ3v) is 6.07. The number of amides is 1. The third kappa shape index (κ3) is 3.81. The molecule has 3 heterocycles. The summed E-state index contributed by atoms with van der Waals surface area (Å²) in [4.78, 5) is 13.3. The molecule has 0 N–H and O–H groups in total. The molecule has 27 heavy (non-hydrogen) atoms. The number of morpholine rings is 1. The number of carbonyl (C=O) groups excluding carboxylic acids is 1. The highest BCUT2D eigenvalue weighted by molar-refractivity contribution is 8.26. The molecule has 0 atom stereocenters. The lowest BCUT2D eigenvalue weighted by molar-refractivity contribution is -0.138. The topological polar surface area (TPSA) is 45.9 Å². The Morgan fingerprint density at radius 1 is 1.11 bits per heavy atom. The van der Waals surface area contributed by atoms with Crippen molar-refractivity contribution in [2.24, 2.45) is 0 Å². The third-order valence-electron chi connectivity index (χ3n) is 4.15. The molecule has 0 aliphatic carbocycles. The minimum absolute atomic E-state index is 0.152. The van der Waals surface area contributed by atoms with E-state index in [4.69, 9.17) is 44.6 Å². The first-order chi connectivity index (χ1) is 13.0. The molecule has 0 spiro atoms. The Morgan fingerprint density at radius 3 is 2.52 bits per heavy atom. The minimum Gasteiger partial charge on any atom is -0.457 e. The molecule has 2 aliphatic heterocycles. The van der Waals surface area contributed by atoms with E-state index in [1.165, 1.54) is 11.8 Å². The standard InChI is InChI=1S/C18H14Cl2N2O3S2/c19-12-2-1-3-13(20)16(12)14-5-4-11(25-14)10-15-17(23)22(18(26)27-15)21-6-8-24-9-7-21/h1-5,10H,6-9H2/b15-10-. The molecule has 0 unspecified atom stereocenters. The van der Waals surface area contributed by atoms with Crippen LogP contribution in [0.1, 0.15) is 5.76 Å². The van der Waals surface area contributed by atoms with Crippen LogP contribution in [0.2, 0.25) is 10.0 Å². The number of ether oxygens (including phenoxy) is 1. The normalized spacial score (nSPS) is 20.1. The summed E-state index contributed by atoms with van der Waals surface area (Å²) < 4.78 is 11.7. The highest BCUT2D eigenvalue weighted by Gasteiger charge is 2.37. The van der Waals surface area contributed by atoms with E-state index in [2.05, 4.69) is 0 Å². The quantitative estimate of drug-likeness (QED) is 0.508. The first-order valence-electron chi connectivity index (χ1n) is 8.19. The number of hydrazine groups is 1. The fraction of sp³-hybridized carbons (Fsp3) is 0.222. The Bertz CT molecular complexity index is 918. The monoisotopic (exact) mass is 440 g/mol. The number of thiocarbonyl (C=S) groups is 1. The maximum Gasteiger partial charge on any atom is 0.281 e. The Balaban J connectivity index is 1.59. The van der Waals surface area contributed by atoms with Gasteiger partial charge in [0.1, 0.15) is 11.5 Å². The van der Waals surface area contributed by atoms with Crippen LogP contribution in [0, 0.1) is 0 Å². The van der Waals surface area contributed by atoms with E-state index in [9.17, 15) is 4.79 Å². The summed E-state index contributed by atoms with van der Waals surface area (Å²) in [6.07, 6.45) is 1.69. The summed E-state index contributed by atoms with van der Waals surface area (Å²) in [5.74, 6) is 0.921. The predicted octanol–water partition coefficient (Wildman–Crippen LogP) is 4.70. The lowest BCUT2D eigenvalue weighted by Crippen LogP contribution is -2.50. The van der Waals surface area contributed by atoms with Crippen molar-refractivity contribution >= 4 is 63.5 Å². The number of nitrogens with zero attached hydrogens (tertiary/aromatic N) is 2. The minimum atomic E-state index is -0.152. The highest BCUT2D eigenvalue weighted by atomic mass is 35.5.